The Morgan fingerprint density at radius 1 is 1.27 bits per heavy atom. The summed E-state index contributed by atoms with van der Waals surface area (Å²) in [4.78, 5) is 26.8. The van der Waals surface area contributed by atoms with Crippen molar-refractivity contribution in [1.29, 1.82) is 0 Å². The number of carbonyl (C=O) groups excluding carboxylic acids is 1. The van der Waals surface area contributed by atoms with Gasteiger partial charge in [-0.05, 0) is 29.7 Å². The van der Waals surface area contributed by atoms with Crippen molar-refractivity contribution in [2.75, 3.05) is 6.54 Å². The first-order valence-corrected chi connectivity index (χ1v) is 6.91. The molecule has 0 unspecified atom stereocenters. The van der Waals surface area contributed by atoms with Crippen molar-refractivity contribution >= 4 is 24.0 Å². The van der Waals surface area contributed by atoms with Gasteiger partial charge in [0, 0.05) is 30.1 Å². The molecule has 2 N–H and O–H groups in total. The number of fused-ring (bicyclic) bond motifs is 1. The molecule has 0 radical (unpaired) electrons. The zero-order chi connectivity index (χ0) is 15.5. The molecule has 0 fully saturated rings. The molecule has 1 amide bonds. The lowest BCUT2D eigenvalue weighted by molar-refractivity contribution is 0.0696. The number of amides is 1. The Bertz CT molecular complexity index is 781. The molecule has 1 aliphatic heterocycles. The molecule has 5 heteroatoms. The van der Waals surface area contributed by atoms with Gasteiger partial charge in [-0.2, -0.15) is 0 Å². The number of nitrogens with one attached hydrogen (secondary N) is 1. The second-order valence-electron chi connectivity index (χ2n) is 5.02. The van der Waals surface area contributed by atoms with Crippen LogP contribution in [0.1, 0.15) is 37.4 Å². The molecule has 3 rings (SSSR count). The summed E-state index contributed by atoms with van der Waals surface area (Å²) in [6, 6.07) is 7.07. The van der Waals surface area contributed by atoms with Crippen LogP contribution in [0.15, 0.2) is 36.7 Å². The second kappa shape index (κ2) is 5.81. The number of carbonyl (C=O) groups is 2. The van der Waals surface area contributed by atoms with Crippen LogP contribution in [0.5, 0.6) is 0 Å². The van der Waals surface area contributed by atoms with E-state index in [1.54, 1.807) is 12.1 Å². The van der Waals surface area contributed by atoms with Gasteiger partial charge in [-0.15, -0.1) is 0 Å². The first-order chi connectivity index (χ1) is 10.6. The minimum atomic E-state index is -0.982. The van der Waals surface area contributed by atoms with Crippen LogP contribution < -0.4 is 5.32 Å². The lowest BCUT2D eigenvalue weighted by Crippen LogP contribution is -2.31. The number of hydrogen-bond donors (Lipinski definition) is 2. The van der Waals surface area contributed by atoms with E-state index in [9.17, 15) is 9.59 Å². The summed E-state index contributed by atoms with van der Waals surface area (Å²) >= 11 is 0. The summed E-state index contributed by atoms with van der Waals surface area (Å²) in [7, 11) is 0. The van der Waals surface area contributed by atoms with Gasteiger partial charge in [0.05, 0.1) is 5.56 Å². The molecule has 1 aromatic heterocycles. The monoisotopic (exact) mass is 294 g/mol. The molecule has 0 saturated carbocycles. The van der Waals surface area contributed by atoms with Gasteiger partial charge in [0.2, 0.25) is 0 Å². The van der Waals surface area contributed by atoms with Gasteiger partial charge in [0.25, 0.3) is 5.91 Å². The number of carboxylic acids is 1. The molecule has 2 aromatic rings. The topological polar surface area (TPSA) is 79.3 Å². The molecule has 22 heavy (non-hydrogen) atoms. The predicted octanol–water partition coefficient (Wildman–Crippen LogP) is 2.24. The highest BCUT2D eigenvalue weighted by Gasteiger charge is 2.15. The molecule has 0 spiro atoms. The Kier molecular flexibility index (Phi) is 3.70. The standard InChI is InChI=1S/C17H14N2O3/c20-16-14-4-2-11(9-12(14)5-8-19-16)1-3-13-10-18-7-6-15(13)17(21)22/h1-4,6-7,9-10H,5,8H2,(H,19,20)(H,21,22)/b3-1+. The van der Waals surface area contributed by atoms with E-state index in [1.807, 2.05) is 18.2 Å². The molecule has 0 aliphatic carbocycles. The van der Waals surface area contributed by atoms with E-state index in [4.69, 9.17) is 5.11 Å². The smallest absolute Gasteiger partial charge is 0.336 e. The van der Waals surface area contributed by atoms with Crippen LogP contribution in [-0.4, -0.2) is 28.5 Å². The third kappa shape index (κ3) is 2.74. The van der Waals surface area contributed by atoms with Crippen molar-refractivity contribution in [2.24, 2.45) is 0 Å². The van der Waals surface area contributed by atoms with Gasteiger partial charge in [0.15, 0.2) is 0 Å². The molecular weight excluding hydrogens is 280 g/mol. The van der Waals surface area contributed by atoms with Crippen LogP contribution in [0.4, 0.5) is 0 Å². The number of aromatic nitrogens is 1. The molecule has 0 atom stereocenters. The van der Waals surface area contributed by atoms with Gasteiger partial charge in [0.1, 0.15) is 0 Å². The zero-order valence-corrected chi connectivity index (χ0v) is 11.7. The summed E-state index contributed by atoms with van der Waals surface area (Å²) in [5.41, 5.74) is 3.40. The summed E-state index contributed by atoms with van der Waals surface area (Å²) in [6.45, 7) is 0.644. The summed E-state index contributed by atoms with van der Waals surface area (Å²) < 4.78 is 0. The highest BCUT2D eigenvalue weighted by atomic mass is 16.4. The fraction of sp³-hybridized carbons (Fsp3) is 0.118. The molecule has 1 aromatic carbocycles. The molecule has 0 bridgehead atoms. The van der Waals surface area contributed by atoms with Crippen molar-refractivity contribution in [3.63, 3.8) is 0 Å². The maximum absolute atomic E-state index is 11.7. The number of aromatic carboxylic acids is 1. The van der Waals surface area contributed by atoms with Gasteiger partial charge < -0.3 is 10.4 Å². The Morgan fingerprint density at radius 2 is 2.14 bits per heavy atom. The highest BCUT2D eigenvalue weighted by molar-refractivity contribution is 5.97. The fourth-order valence-electron chi connectivity index (χ4n) is 2.47. The SMILES string of the molecule is O=C(O)c1ccncc1/C=C/c1ccc2c(c1)CCNC2=O. The van der Waals surface area contributed by atoms with Crippen molar-refractivity contribution in [3.05, 3.63) is 64.5 Å². The number of pyridine rings is 1. The first-order valence-electron chi connectivity index (χ1n) is 6.91. The maximum atomic E-state index is 11.7. The molecule has 0 saturated heterocycles. The molecule has 2 heterocycles. The van der Waals surface area contributed by atoms with Crippen molar-refractivity contribution in [3.8, 4) is 0 Å². The number of nitrogens with zero attached hydrogens (tertiary/aromatic N) is 1. The average molecular weight is 294 g/mol. The molecular formula is C17H14N2O3. The van der Waals surface area contributed by atoms with Crippen molar-refractivity contribution in [2.45, 2.75) is 6.42 Å². The lowest BCUT2D eigenvalue weighted by atomic mass is 9.97. The van der Waals surface area contributed by atoms with Crippen LogP contribution in [0.25, 0.3) is 12.2 Å². The van der Waals surface area contributed by atoms with E-state index < -0.39 is 5.97 Å². The van der Waals surface area contributed by atoms with Crippen LogP contribution in [0.2, 0.25) is 0 Å². The third-order valence-electron chi connectivity index (χ3n) is 3.59. The summed E-state index contributed by atoms with van der Waals surface area (Å²) in [6.07, 6.45) is 7.33. The quantitative estimate of drug-likeness (QED) is 0.910. The Hall–Kier alpha value is -2.95. The van der Waals surface area contributed by atoms with E-state index in [-0.39, 0.29) is 11.5 Å². The fourth-order valence-corrected chi connectivity index (χ4v) is 2.47. The normalized spacial score (nSPS) is 13.7. The molecule has 110 valence electrons. The number of hydrogen-bond acceptors (Lipinski definition) is 3. The van der Waals surface area contributed by atoms with E-state index >= 15 is 0 Å². The summed E-state index contributed by atoms with van der Waals surface area (Å²) in [5.74, 6) is -1.03. The molecule has 5 nitrogen and oxygen atoms in total. The van der Waals surface area contributed by atoms with Gasteiger partial charge in [-0.25, -0.2) is 4.79 Å². The first kappa shape index (κ1) is 14.0. The molecule has 1 aliphatic rings. The third-order valence-corrected chi connectivity index (χ3v) is 3.59. The number of benzene rings is 1. The van der Waals surface area contributed by atoms with Crippen LogP contribution >= 0.6 is 0 Å². The second-order valence-corrected chi connectivity index (χ2v) is 5.02. The Labute approximate surface area is 127 Å². The van der Waals surface area contributed by atoms with Crippen molar-refractivity contribution < 1.29 is 14.7 Å². The number of rotatable bonds is 3. The average Bonchev–Trinajstić information content (AvgIpc) is 2.53. The summed E-state index contributed by atoms with van der Waals surface area (Å²) in [5, 5.41) is 11.9. The van der Waals surface area contributed by atoms with E-state index in [1.165, 1.54) is 18.5 Å². The number of carboxylic acid groups (broad SMARTS) is 1. The minimum absolute atomic E-state index is 0.0443. The largest absolute Gasteiger partial charge is 0.478 e. The van der Waals surface area contributed by atoms with Gasteiger partial charge in [-0.3, -0.25) is 9.78 Å². The maximum Gasteiger partial charge on any atom is 0.336 e. The van der Waals surface area contributed by atoms with E-state index in [0.717, 1.165) is 17.5 Å². The highest BCUT2D eigenvalue weighted by Crippen LogP contribution is 2.18. The predicted molar refractivity (Wildman–Crippen MR) is 82.6 cm³/mol. The zero-order valence-electron chi connectivity index (χ0n) is 11.7. The lowest BCUT2D eigenvalue weighted by Gasteiger charge is -2.16. The van der Waals surface area contributed by atoms with Gasteiger partial charge in [-0.1, -0.05) is 24.3 Å². The van der Waals surface area contributed by atoms with Crippen molar-refractivity contribution in [1.82, 2.24) is 10.3 Å². The van der Waals surface area contributed by atoms with Crippen LogP contribution in [0.3, 0.4) is 0 Å². The van der Waals surface area contributed by atoms with E-state index in [0.29, 0.717) is 17.7 Å². The van der Waals surface area contributed by atoms with Gasteiger partial charge >= 0.3 is 5.97 Å². The minimum Gasteiger partial charge on any atom is -0.478 e. The van der Waals surface area contributed by atoms with Crippen LogP contribution in [0, 0.1) is 0 Å². The Morgan fingerprint density at radius 3 is 2.95 bits per heavy atom. The van der Waals surface area contributed by atoms with E-state index in [2.05, 4.69) is 10.3 Å². The Balaban J connectivity index is 1.91. The van der Waals surface area contributed by atoms with Crippen LogP contribution in [-0.2, 0) is 6.42 Å².